The number of methoxy groups -OCH3 is 1. The average Bonchev–Trinajstić information content (AvgIpc) is 2.73. The van der Waals surface area contributed by atoms with Crippen LogP contribution >= 0.6 is 0 Å². The van der Waals surface area contributed by atoms with Gasteiger partial charge in [-0.1, -0.05) is 12.1 Å². The molecule has 0 saturated carbocycles. The number of ether oxygens (including phenoxy) is 1. The molecular weight excluding hydrogens is 433 g/mol. The first-order chi connectivity index (χ1) is 14.6. The SMILES string of the molecule is COc1ccc(NC(=O)c2cccc(S(=O)(=O)Nc3cccc(C(F)(F)F)c3)c2)cc1. The van der Waals surface area contributed by atoms with E-state index in [0.717, 1.165) is 18.2 Å². The summed E-state index contributed by atoms with van der Waals surface area (Å²) >= 11 is 0. The Labute approximate surface area is 176 Å². The molecule has 2 N–H and O–H groups in total. The van der Waals surface area contributed by atoms with Crippen LogP contribution in [0.3, 0.4) is 0 Å². The second kappa shape index (κ2) is 8.68. The van der Waals surface area contributed by atoms with E-state index in [-0.39, 0.29) is 16.1 Å². The van der Waals surface area contributed by atoms with E-state index in [1.54, 1.807) is 24.3 Å². The maximum absolute atomic E-state index is 12.9. The van der Waals surface area contributed by atoms with Gasteiger partial charge in [0.05, 0.1) is 17.6 Å². The number of benzene rings is 3. The molecule has 0 spiro atoms. The van der Waals surface area contributed by atoms with Gasteiger partial charge in [0.1, 0.15) is 5.75 Å². The summed E-state index contributed by atoms with van der Waals surface area (Å²) in [6.45, 7) is 0. The third-order valence-electron chi connectivity index (χ3n) is 4.20. The lowest BCUT2D eigenvalue weighted by molar-refractivity contribution is -0.137. The van der Waals surface area contributed by atoms with Gasteiger partial charge in [-0.3, -0.25) is 9.52 Å². The molecule has 10 heteroatoms. The van der Waals surface area contributed by atoms with Crippen molar-refractivity contribution in [2.45, 2.75) is 11.1 Å². The van der Waals surface area contributed by atoms with Crippen LogP contribution in [0.5, 0.6) is 5.75 Å². The number of sulfonamides is 1. The summed E-state index contributed by atoms with van der Waals surface area (Å²) in [5.41, 5.74) is -0.702. The van der Waals surface area contributed by atoms with Gasteiger partial charge in [0.15, 0.2) is 0 Å². The highest BCUT2D eigenvalue weighted by Crippen LogP contribution is 2.31. The fourth-order valence-electron chi connectivity index (χ4n) is 2.66. The number of hydrogen-bond acceptors (Lipinski definition) is 4. The Morgan fingerprint density at radius 2 is 1.58 bits per heavy atom. The Balaban J connectivity index is 1.80. The number of carbonyl (C=O) groups excluding carboxylic acids is 1. The first-order valence-electron chi connectivity index (χ1n) is 8.84. The number of hydrogen-bond donors (Lipinski definition) is 2. The smallest absolute Gasteiger partial charge is 0.416 e. The van der Waals surface area contributed by atoms with Gasteiger partial charge in [-0.15, -0.1) is 0 Å². The zero-order valence-corrected chi connectivity index (χ0v) is 16.9. The van der Waals surface area contributed by atoms with Crippen molar-refractivity contribution in [3.63, 3.8) is 0 Å². The van der Waals surface area contributed by atoms with E-state index in [9.17, 15) is 26.4 Å². The Morgan fingerprint density at radius 3 is 2.23 bits per heavy atom. The van der Waals surface area contributed by atoms with Crippen LogP contribution in [-0.2, 0) is 16.2 Å². The molecule has 0 aliphatic carbocycles. The minimum absolute atomic E-state index is 0.0581. The maximum atomic E-state index is 12.9. The van der Waals surface area contributed by atoms with Crippen molar-refractivity contribution >= 4 is 27.3 Å². The summed E-state index contributed by atoms with van der Waals surface area (Å²) in [6.07, 6.45) is -4.61. The first-order valence-corrected chi connectivity index (χ1v) is 10.3. The minimum Gasteiger partial charge on any atom is -0.497 e. The van der Waals surface area contributed by atoms with Gasteiger partial charge in [-0.05, 0) is 60.7 Å². The van der Waals surface area contributed by atoms with Crippen molar-refractivity contribution in [3.8, 4) is 5.75 Å². The van der Waals surface area contributed by atoms with Gasteiger partial charge in [0.2, 0.25) is 0 Å². The summed E-state index contributed by atoms with van der Waals surface area (Å²) in [6, 6.07) is 15.5. The summed E-state index contributed by atoms with van der Waals surface area (Å²) in [7, 11) is -2.72. The van der Waals surface area contributed by atoms with Gasteiger partial charge in [-0.25, -0.2) is 8.42 Å². The Kier molecular flexibility index (Phi) is 6.21. The van der Waals surface area contributed by atoms with Crippen molar-refractivity contribution < 1.29 is 31.1 Å². The van der Waals surface area contributed by atoms with Crippen molar-refractivity contribution in [2.24, 2.45) is 0 Å². The normalized spacial score (nSPS) is 11.6. The highest BCUT2D eigenvalue weighted by molar-refractivity contribution is 7.92. The van der Waals surface area contributed by atoms with Crippen LogP contribution in [0.1, 0.15) is 15.9 Å². The van der Waals surface area contributed by atoms with E-state index < -0.39 is 27.7 Å². The Hall–Kier alpha value is -3.53. The molecule has 0 aliphatic heterocycles. The van der Waals surface area contributed by atoms with E-state index >= 15 is 0 Å². The molecule has 162 valence electrons. The fraction of sp³-hybridized carbons (Fsp3) is 0.0952. The van der Waals surface area contributed by atoms with E-state index in [2.05, 4.69) is 10.0 Å². The molecule has 3 rings (SSSR count). The standard InChI is InChI=1S/C21H17F3N2O4S/c1-30-18-10-8-16(9-11-18)25-20(27)14-4-2-7-19(12-14)31(28,29)26-17-6-3-5-15(13-17)21(22,23)24/h2-13,26H,1H3,(H,25,27). The second-order valence-corrected chi connectivity index (χ2v) is 8.08. The second-order valence-electron chi connectivity index (χ2n) is 6.39. The Bertz CT molecular complexity index is 1190. The van der Waals surface area contributed by atoms with Gasteiger partial charge < -0.3 is 10.1 Å². The Morgan fingerprint density at radius 1 is 0.903 bits per heavy atom. The molecule has 6 nitrogen and oxygen atoms in total. The highest BCUT2D eigenvalue weighted by Gasteiger charge is 2.30. The summed E-state index contributed by atoms with van der Waals surface area (Å²) < 4.78 is 71.0. The fourth-order valence-corrected chi connectivity index (χ4v) is 3.75. The number of amides is 1. The number of halogens is 3. The molecule has 0 radical (unpaired) electrons. The van der Waals surface area contributed by atoms with Gasteiger partial charge in [0, 0.05) is 16.9 Å². The molecule has 0 heterocycles. The lowest BCUT2D eigenvalue weighted by atomic mass is 10.2. The lowest BCUT2D eigenvalue weighted by Crippen LogP contribution is -2.16. The van der Waals surface area contributed by atoms with E-state index in [1.165, 1.54) is 31.4 Å². The monoisotopic (exact) mass is 450 g/mol. The number of rotatable bonds is 6. The van der Waals surface area contributed by atoms with Gasteiger partial charge in [0.25, 0.3) is 15.9 Å². The lowest BCUT2D eigenvalue weighted by Gasteiger charge is -2.12. The van der Waals surface area contributed by atoms with Crippen molar-refractivity contribution in [2.75, 3.05) is 17.1 Å². The van der Waals surface area contributed by atoms with E-state index in [4.69, 9.17) is 4.74 Å². The predicted molar refractivity (Wildman–Crippen MR) is 110 cm³/mol. The third-order valence-corrected chi connectivity index (χ3v) is 5.58. The van der Waals surface area contributed by atoms with Crippen LogP contribution in [0.2, 0.25) is 0 Å². The topological polar surface area (TPSA) is 84.5 Å². The van der Waals surface area contributed by atoms with Gasteiger partial charge >= 0.3 is 6.18 Å². The molecule has 0 fully saturated rings. The summed E-state index contributed by atoms with van der Waals surface area (Å²) in [5, 5.41) is 2.63. The molecular formula is C21H17F3N2O4S. The van der Waals surface area contributed by atoms with Gasteiger partial charge in [-0.2, -0.15) is 13.2 Å². The maximum Gasteiger partial charge on any atom is 0.416 e. The molecule has 0 aliphatic rings. The molecule has 0 saturated heterocycles. The van der Waals surface area contributed by atoms with Crippen molar-refractivity contribution in [3.05, 3.63) is 83.9 Å². The van der Waals surface area contributed by atoms with Crippen LogP contribution < -0.4 is 14.8 Å². The molecule has 0 aromatic heterocycles. The van der Waals surface area contributed by atoms with Crippen LogP contribution in [0, 0.1) is 0 Å². The molecule has 0 unspecified atom stereocenters. The van der Waals surface area contributed by atoms with Crippen molar-refractivity contribution in [1.82, 2.24) is 0 Å². The van der Waals surface area contributed by atoms with E-state index in [0.29, 0.717) is 17.5 Å². The van der Waals surface area contributed by atoms with Crippen molar-refractivity contribution in [1.29, 1.82) is 0 Å². The molecule has 3 aromatic carbocycles. The molecule has 31 heavy (non-hydrogen) atoms. The quantitative estimate of drug-likeness (QED) is 0.567. The minimum atomic E-state index is -4.61. The summed E-state index contributed by atoms with van der Waals surface area (Å²) in [4.78, 5) is 12.2. The molecule has 1 amide bonds. The zero-order chi connectivity index (χ0) is 22.6. The number of anilines is 2. The number of nitrogens with one attached hydrogen (secondary N) is 2. The zero-order valence-electron chi connectivity index (χ0n) is 16.1. The number of carbonyl (C=O) groups is 1. The van der Waals surface area contributed by atoms with Crippen LogP contribution in [0.15, 0.2) is 77.7 Å². The molecule has 0 atom stereocenters. The first kappa shape index (κ1) is 22.2. The van der Waals surface area contributed by atoms with Crippen LogP contribution in [0.4, 0.5) is 24.5 Å². The average molecular weight is 450 g/mol. The summed E-state index contributed by atoms with van der Waals surface area (Å²) in [5.74, 6) is 0.0491. The van der Waals surface area contributed by atoms with Crippen LogP contribution in [0.25, 0.3) is 0 Å². The third kappa shape index (κ3) is 5.54. The largest absolute Gasteiger partial charge is 0.497 e. The van der Waals surface area contributed by atoms with E-state index in [1.807, 2.05) is 0 Å². The molecule has 3 aromatic rings. The number of alkyl halides is 3. The molecule has 0 bridgehead atoms. The predicted octanol–water partition coefficient (Wildman–Crippen LogP) is 4.77. The van der Waals surface area contributed by atoms with Crippen LogP contribution in [-0.4, -0.2) is 21.4 Å². The highest BCUT2D eigenvalue weighted by atomic mass is 32.2.